The first-order valence-electron chi connectivity index (χ1n) is 6.20. The van der Waals surface area contributed by atoms with Crippen LogP contribution in [0.2, 0.25) is 0 Å². The van der Waals surface area contributed by atoms with Gasteiger partial charge in [0.25, 0.3) is 0 Å². The third-order valence-corrected chi connectivity index (χ3v) is 5.00. The van der Waals surface area contributed by atoms with Crippen molar-refractivity contribution in [3.63, 3.8) is 0 Å². The lowest BCUT2D eigenvalue weighted by atomic mass is 10.1. The van der Waals surface area contributed by atoms with Crippen molar-refractivity contribution in [1.82, 2.24) is 14.3 Å². The zero-order valence-electron chi connectivity index (χ0n) is 11.5. The van der Waals surface area contributed by atoms with Crippen LogP contribution < -0.4 is 5.73 Å². The summed E-state index contributed by atoms with van der Waals surface area (Å²) < 4.78 is 26.1. The lowest BCUT2D eigenvalue weighted by Crippen LogP contribution is -2.29. The van der Waals surface area contributed by atoms with Gasteiger partial charge < -0.3 is 10.7 Å². The summed E-state index contributed by atoms with van der Waals surface area (Å²) in [6.45, 7) is 0.185. The molecule has 2 rings (SSSR count). The number of hydrogen-bond donors (Lipinski definition) is 2. The maximum Gasteiger partial charge on any atom is 0.218 e. The summed E-state index contributed by atoms with van der Waals surface area (Å²) in [4.78, 5) is 7.09. The number of sulfonamides is 1. The third kappa shape index (κ3) is 3.87. The number of rotatable bonds is 6. The van der Waals surface area contributed by atoms with Crippen molar-refractivity contribution in [3.8, 4) is 0 Å². The van der Waals surface area contributed by atoms with Crippen molar-refractivity contribution in [2.24, 2.45) is 5.73 Å². The Morgan fingerprint density at radius 2 is 2.14 bits per heavy atom. The molecule has 0 unspecified atom stereocenters. The number of H-pyrrole nitrogens is 1. The van der Waals surface area contributed by atoms with E-state index in [1.165, 1.54) is 11.4 Å². The van der Waals surface area contributed by atoms with E-state index in [4.69, 9.17) is 18.0 Å². The molecular formula is C13H16N4O2S2. The first-order chi connectivity index (χ1) is 9.90. The maximum absolute atomic E-state index is 12.4. The molecule has 8 heteroatoms. The highest BCUT2D eigenvalue weighted by molar-refractivity contribution is 7.88. The van der Waals surface area contributed by atoms with Crippen LogP contribution in [0, 0.1) is 0 Å². The smallest absolute Gasteiger partial charge is 0.218 e. The molecule has 0 saturated heterocycles. The van der Waals surface area contributed by atoms with Crippen LogP contribution in [0.15, 0.2) is 36.7 Å². The highest BCUT2D eigenvalue weighted by Gasteiger charge is 2.21. The minimum Gasteiger partial charge on any atom is -0.389 e. The zero-order valence-corrected chi connectivity index (χ0v) is 13.1. The van der Waals surface area contributed by atoms with Gasteiger partial charge >= 0.3 is 0 Å². The Hall–Kier alpha value is -1.77. The Morgan fingerprint density at radius 1 is 1.43 bits per heavy atom. The lowest BCUT2D eigenvalue weighted by molar-refractivity contribution is 0.457. The van der Waals surface area contributed by atoms with Gasteiger partial charge in [0.2, 0.25) is 10.0 Å². The monoisotopic (exact) mass is 324 g/mol. The van der Waals surface area contributed by atoms with E-state index in [2.05, 4.69) is 9.97 Å². The lowest BCUT2D eigenvalue weighted by Gasteiger charge is -2.17. The molecule has 0 aliphatic heterocycles. The summed E-state index contributed by atoms with van der Waals surface area (Å²) in [5.74, 6) is 0.432. The second-order valence-corrected chi connectivity index (χ2v) is 7.09. The standard InChI is InChI=1S/C13H16N4O2S2/c1-17(8-12-15-6-7-16-12)21(18,19)9-10-4-2-3-5-11(10)13(14)20/h2-7H,8-9H2,1H3,(H2,14,20)(H,15,16). The number of nitrogens with zero attached hydrogens (tertiary/aromatic N) is 2. The van der Waals surface area contributed by atoms with Crippen molar-refractivity contribution in [2.45, 2.75) is 12.3 Å². The van der Waals surface area contributed by atoms with Crippen molar-refractivity contribution in [3.05, 3.63) is 53.6 Å². The summed E-state index contributed by atoms with van der Waals surface area (Å²) in [7, 11) is -1.97. The van der Waals surface area contributed by atoms with Crippen molar-refractivity contribution in [2.75, 3.05) is 7.05 Å². The van der Waals surface area contributed by atoms with Gasteiger partial charge in [-0.25, -0.2) is 13.4 Å². The van der Waals surface area contributed by atoms with E-state index < -0.39 is 10.0 Å². The topological polar surface area (TPSA) is 92.1 Å². The molecule has 21 heavy (non-hydrogen) atoms. The predicted octanol–water partition coefficient (Wildman–Crippen LogP) is 1.01. The van der Waals surface area contributed by atoms with Crippen LogP contribution in [-0.2, 0) is 22.3 Å². The SMILES string of the molecule is CN(Cc1ncc[nH]1)S(=O)(=O)Cc1ccccc1C(N)=S. The van der Waals surface area contributed by atoms with E-state index in [-0.39, 0.29) is 17.3 Å². The van der Waals surface area contributed by atoms with Gasteiger partial charge in [-0.1, -0.05) is 36.5 Å². The van der Waals surface area contributed by atoms with Gasteiger partial charge in [-0.3, -0.25) is 0 Å². The zero-order chi connectivity index (χ0) is 15.5. The number of aromatic nitrogens is 2. The highest BCUT2D eigenvalue weighted by Crippen LogP contribution is 2.15. The van der Waals surface area contributed by atoms with E-state index in [1.807, 2.05) is 0 Å². The van der Waals surface area contributed by atoms with Gasteiger partial charge in [0.15, 0.2) is 0 Å². The van der Waals surface area contributed by atoms with Crippen LogP contribution in [0.4, 0.5) is 0 Å². The number of thiocarbonyl (C=S) groups is 1. The molecule has 2 aromatic rings. The Balaban J connectivity index is 2.19. The molecule has 0 saturated carbocycles. The fourth-order valence-electron chi connectivity index (χ4n) is 1.89. The fraction of sp³-hybridized carbons (Fsp3) is 0.231. The Morgan fingerprint density at radius 3 is 2.76 bits per heavy atom. The number of aromatic amines is 1. The van der Waals surface area contributed by atoms with Gasteiger partial charge in [0.1, 0.15) is 10.8 Å². The normalized spacial score (nSPS) is 11.7. The van der Waals surface area contributed by atoms with E-state index in [0.717, 1.165) is 0 Å². The summed E-state index contributed by atoms with van der Waals surface area (Å²) in [5.41, 5.74) is 6.81. The molecule has 0 amide bonds. The second kappa shape index (κ2) is 6.33. The molecule has 1 aromatic heterocycles. The van der Waals surface area contributed by atoms with Gasteiger partial charge in [-0.05, 0) is 5.56 Å². The molecule has 0 fully saturated rings. The Labute approximate surface area is 129 Å². The molecule has 0 radical (unpaired) electrons. The van der Waals surface area contributed by atoms with Crippen LogP contribution >= 0.6 is 12.2 Å². The highest BCUT2D eigenvalue weighted by atomic mass is 32.2. The molecule has 1 heterocycles. The van der Waals surface area contributed by atoms with Crippen molar-refractivity contribution in [1.29, 1.82) is 0 Å². The minimum absolute atomic E-state index is 0.155. The first kappa shape index (κ1) is 15.6. The number of imidazole rings is 1. The Bertz CT molecular complexity index is 726. The summed E-state index contributed by atoms with van der Waals surface area (Å²) >= 11 is 4.95. The van der Waals surface area contributed by atoms with Gasteiger partial charge in [0, 0.05) is 25.0 Å². The van der Waals surface area contributed by atoms with Crippen LogP contribution in [0.5, 0.6) is 0 Å². The van der Waals surface area contributed by atoms with E-state index in [9.17, 15) is 8.42 Å². The van der Waals surface area contributed by atoms with E-state index in [0.29, 0.717) is 17.0 Å². The molecule has 6 nitrogen and oxygen atoms in total. The van der Waals surface area contributed by atoms with Crippen LogP contribution in [0.1, 0.15) is 17.0 Å². The molecule has 0 aliphatic rings. The number of nitrogens with one attached hydrogen (secondary N) is 1. The predicted molar refractivity (Wildman–Crippen MR) is 85.0 cm³/mol. The Kier molecular flexibility index (Phi) is 4.71. The quantitative estimate of drug-likeness (QED) is 0.774. The number of benzene rings is 1. The minimum atomic E-state index is -3.49. The molecule has 0 spiro atoms. The fourth-order valence-corrected chi connectivity index (χ4v) is 3.27. The third-order valence-electron chi connectivity index (χ3n) is 3.02. The molecule has 0 atom stereocenters. The molecular weight excluding hydrogens is 308 g/mol. The van der Waals surface area contributed by atoms with E-state index in [1.54, 1.807) is 36.7 Å². The van der Waals surface area contributed by atoms with Crippen molar-refractivity contribution < 1.29 is 8.42 Å². The number of hydrogen-bond acceptors (Lipinski definition) is 4. The summed E-state index contributed by atoms with van der Waals surface area (Å²) in [5, 5.41) is 0. The van der Waals surface area contributed by atoms with Crippen LogP contribution in [0.25, 0.3) is 0 Å². The van der Waals surface area contributed by atoms with Crippen LogP contribution in [0.3, 0.4) is 0 Å². The molecule has 0 bridgehead atoms. The summed E-state index contributed by atoms with van der Waals surface area (Å²) in [6.07, 6.45) is 3.23. The molecule has 112 valence electrons. The van der Waals surface area contributed by atoms with Gasteiger partial charge in [0.05, 0.1) is 12.3 Å². The van der Waals surface area contributed by atoms with Gasteiger partial charge in [-0.15, -0.1) is 0 Å². The first-order valence-corrected chi connectivity index (χ1v) is 8.22. The van der Waals surface area contributed by atoms with Gasteiger partial charge in [-0.2, -0.15) is 4.31 Å². The molecule has 1 aromatic carbocycles. The molecule has 0 aliphatic carbocycles. The number of nitrogens with two attached hydrogens (primary N) is 1. The average molecular weight is 324 g/mol. The maximum atomic E-state index is 12.4. The summed E-state index contributed by atoms with van der Waals surface area (Å²) in [6, 6.07) is 6.98. The second-order valence-electron chi connectivity index (χ2n) is 4.57. The largest absolute Gasteiger partial charge is 0.389 e. The molecule has 3 N–H and O–H groups in total. The van der Waals surface area contributed by atoms with E-state index >= 15 is 0 Å². The van der Waals surface area contributed by atoms with Crippen LogP contribution in [-0.4, -0.2) is 34.7 Å². The van der Waals surface area contributed by atoms with Crippen molar-refractivity contribution >= 4 is 27.2 Å². The average Bonchev–Trinajstić information content (AvgIpc) is 2.91.